The first-order valence-corrected chi connectivity index (χ1v) is 9.65. The Hall–Kier alpha value is -2.61. The first-order valence-electron chi connectivity index (χ1n) is 8.67. The van der Waals surface area contributed by atoms with Crippen LogP contribution in [0.15, 0.2) is 48.1 Å². The Morgan fingerprint density at radius 2 is 2.07 bits per heavy atom. The van der Waals surface area contributed by atoms with Crippen LogP contribution in [0.3, 0.4) is 0 Å². The molecule has 0 radical (unpaired) electrons. The Kier molecular flexibility index (Phi) is 8.57. The Morgan fingerprint density at radius 1 is 1.30 bits per heavy atom. The second kappa shape index (κ2) is 11.2. The lowest BCUT2D eigenvalue weighted by Gasteiger charge is -2.08. The minimum atomic E-state index is -0.276. The van der Waals surface area contributed by atoms with Crippen molar-refractivity contribution in [1.82, 2.24) is 20.1 Å². The molecule has 0 saturated carbocycles. The zero-order valence-electron chi connectivity index (χ0n) is 15.4. The number of nitrogens with zero attached hydrogens (tertiary/aromatic N) is 3. The number of ether oxygens (including phenoxy) is 1. The van der Waals surface area contributed by atoms with E-state index in [1.165, 1.54) is 18.9 Å². The topological polar surface area (TPSA) is 86.1 Å². The third-order valence-corrected chi connectivity index (χ3v) is 4.72. The fourth-order valence-corrected chi connectivity index (χ4v) is 3.19. The van der Waals surface area contributed by atoms with Crippen molar-refractivity contribution < 1.29 is 14.3 Å². The summed E-state index contributed by atoms with van der Waals surface area (Å²) >= 11 is 1.33. The fourth-order valence-electron chi connectivity index (χ4n) is 2.39. The number of hydrogen-bond acceptors (Lipinski definition) is 6. The monoisotopic (exact) mass is 388 g/mol. The molecule has 0 fully saturated rings. The summed E-state index contributed by atoms with van der Waals surface area (Å²) in [5.41, 5.74) is 1.15. The van der Waals surface area contributed by atoms with Crippen LogP contribution in [0.1, 0.15) is 24.2 Å². The normalized spacial score (nSPS) is 10.4. The third kappa shape index (κ3) is 6.90. The molecule has 27 heavy (non-hydrogen) atoms. The summed E-state index contributed by atoms with van der Waals surface area (Å²) in [5, 5.41) is 12.0. The number of rotatable bonds is 11. The molecule has 0 saturated heterocycles. The van der Waals surface area contributed by atoms with E-state index in [1.807, 2.05) is 34.9 Å². The smallest absolute Gasteiger partial charge is 0.305 e. The van der Waals surface area contributed by atoms with Crippen LogP contribution >= 0.6 is 11.8 Å². The van der Waals surface area contributed by atoms with Gasteiger partial charge in [0.1, 0.15) is 5.82 Å². The Balaban J connectivity index is 1.87. The van der Waals surface area contributed by atoms with Gasteiger partial charge in [-0.2, -0.15) is 0 Å². The molecule has 0 unspecified atom stereocenters. The van der Waals surface area contributed by atoms with Gasteiger partial charge in [-0.25, -0.2) is 0 Å². The predicted octanol–water partition coefficient (Wildman–Crippen LogP) is 2.22. The number of carbonyl (C=O) groups is 2. The number of esters is 1. The van der Waals surface area contributed by atoms with Gasteiger partial charge in [0.25, 0.3) is 0 Å². The Bertz CT molecular complexity index is 762. The van der Waals surface area contributed by atoms with E-state index in [1.54, 1.807) is 6.08 Å². The third-order valence-electron chi connectivity index (χ3n) is 3.75. The highest BCUT2D eigenvalue weighted by Crippen LogP contribution is 2.18. The van der Waals surface area contributed by atoms with E-state index in [4.69, 9.17) is 0 Å². The SMILES string of the molecule is C=CCn1c(Cc2ccccc2)nnc1SCC(=O)NCCCC(=O)OC. The van der Waals surface area contributed by atoms with Crippen molar-refractivity contribution in [2.45, 2.75) is 31.0 Å². The summed E-state index contributed by atoms with van der Waals surface area (Å²) < 4.78 is 6.53. The quantitative estimate of drug-likeness (QED) is 0.275. The number of hydrogen-bond donors (Lipinski definition) is 1. The van der Waals surface area contributed by atoms with Crippen molar-refractivity contribution in [1.29, 1.82) is 0 Å². The van der Waals surface area contributed by atoms with Crippen LogP contribution in [0, 0.1) is 0 Å². The molecule has 0 aliphatic carbocycles. The van der Waals surface area contributed by atoms with Gasteiger partial charge in [-0.1, -0.05) is 48.2 Å². The molecule has 0 aliphatic rings. The van der Waals surface area contributed by atoms with Crippen LogP contribution in [0.5, 0.6) is 0 Å². The van der Waals surface area contributed by atoms with Gasteiger partial charge in [0, 0.05) is 25.9 Å². The van der Waals surface area contributed by atoms with Gasteiger partial charge < -0.3 is 14.6 Å². The van der Waals surface area contributed by atoms with Crippen molar-refractivity contribution in [3.05, 3.63) is 54.4 Å². The molecule has 144 valence electrons. The maximum Gasteiger partial charge on any atom is 0.305 e. The molecule has 1 heterocycles. The van der Waals surface area contributed by atoms with Crippen LogP contribution < -0.4 is 5.32 Å². The molecule has 0 aliphatic heterocycles. The molecule has 1 aromatic carbocycles. The average molecular weight is 388 g/mol. The van der Waals surface area contributed by atoms with E-state index in [9.17, 15) is 9.59 Å². The summed E-state index contributed by atoms with van der Waals surface area (Å²) in [4.78, 5) is 23.0. The number of amides is 1. The highest BCUT2D eigenvalue weighted by molar-refractivity contribution is 7.99. The first kappa shape index (κ1) is 20.7. The molecule has 2 rings (SSSR count). The standard InChI is InChI=1S/C19H24N4O3S/c1-3-12-23-16(13-15-8-5-4-6-9-15)21-22-19(23)27-14-17(24)20-11-7-10-18(25)26-2/h3-6,8-9H,1,7,10-14H2,2H3,(H,20,24). The van der Waals surface area contributed by atoms with E-state index in [-0.39, 0.29) is 17.6 Å². The molecule has 1 aromatic heterocycles. The van der Waals surface area contributed by atoms with Gasteiger partial charge in [0.15, 0.2) is 5.16 Å². The molecule has 1 N–H and O–H groups in total. The molecule has 2 aromatic rings. The zero-order chi connectivity index (χ0) is 19.5. The van der Waals surface area contributed by atoms with Crippen molar-refractivity contribution >= 4 is 23.6 Å². The van der Waals surface area contributed by atoms with Gasteiger partial charge >= 0.3 is 5.97 Å². The molecule has 7 nitrogen and oxygen atoms in total. The van der Waals surface area contributed by atoms with Gasteiger partial charge in [-0.05, 0) is 12.0 Å². The van der Waals surface area contributed by atoms with E-state index >= 15 is 0 Å². The van der Waals surface area contributed by atoms with Gasteiger partial charge in [0.05, 0.1) is 12.9 Å². The van der Waals surface area contributed by atoms with Crippen LogP contribution in [0.25, 0.3) is 0 Å². The van der Waals surface area contributed by atoms with Gasteiger partial charge in [-0.3, -0.25) is 9.59 Å². The van der Waals surface area contributed by atoms with Gasteiger partial charge in [-0.15, -0.1) is 16.8 Å². The minimum Gasteiger partial charge on any atom is -0.469 e. The van der Waals surface area contributed by atoms with E-state index in [0.717, 1.165) is 11.4 Å². The zero-order valence-corrected chi connectivity index (χ0v) is 16.2. The van der Waals surface area contributed by atoms with Crippen LogP contribution in [0.2, 0.25) is 0 Å². The van der Waals surface area contributed by atoms with E-state index in [0.29, 0.717) is 37.5 Å². The maximum absolute atomic E-state index is 12.0. The van der Waals surface area contributed by atoms with Crippen LogP contribution in [-0.4, -0.2) is 46.0 Å². The summed E-state index contributed by atoms with van der Waals surface area (Å²) in [6.45, 7) is 4.81. The largest absolute Gasteiger partial charge is 0.469 e. The molecule has 8 heteroatoms. The number of aromatic nitrogens is 3. The number of benzene rings is 1. The average Bonchev–Trinajstić information content (AvgIpc) is 3.06. The first-order chi connectivity index (χ1) is 13.1. The van der Waals surface area contributed by atoms with Crippen molar-refractivity contribution in [3.8, 4) is 0 Å². The molecule has 0 spiro atoms. The fraction of sp³-hybridized carbons (Fsp3) is 0.368. The molecule has 1 amide bonds. The van der Waals surface area contributed by atoms with Crippen molar-refractivity contribution in [2.24, 2.45) is 0 Å². The number of nitrogens with one attached hydrogen (secondary N) is 1. The predicted molar refractivity (Wildman–Crippen MR) is 104 cm³/mol. The lowest BCUT2D eigenvalue weighted by atomic mass is 10.1. The maximum atomic E-state index is 12.0. The lowest BCUT2D eigenvalue weighted by molar-refractivity contribution is -0.140. The molecular formula is C19H24N4O3S. The lowest BCUT2D eigenvalue weighted by Crippen LogP contribution is -2.26. The Morgan fingerprint density at radius 3 is 2.78 bits per heavy atom. The number of carbonyl (C=O) groups excluding carboxylic acids is 2. The summed E-state index contributed by atoms with van der Waals surface area (Å²) in [5.74, 6) is 0.686. The molecular weight excluding hydrogens is 364 g/mol. The van der Waals surface area contributed by atoms with Crippen molar-refractivity contribution in [3.63, 3.8) is 0 Å². The second-order valence-corrected chi connectivity index (χ2v) is 6.72. The summed E-state index contributed by atoms with van der Waals surface area (Å²) in [6.07, 6.45) is 3.30. The summed E-state index contributed by atoms with van der Waals surface area (Å²) in [7, 11) is 1.35. The molecule has 0 bridgehead atoms. The second-order valence-electron chi connectivity index (χ2n) is 5.78. The van der Waals surface area contributed by atoms with Gasteiger partial charge in [0.2, 0.25) is 5.91 Å². The minimum absolute atomic E-state index is 0.109. The number of thioether (sulfide) groups is 1. The van der Waals surface area contributed by atoms with E-state index < -0.39 is 0 Å². The van der Waals surface area contributed by atoms with Crippen LogP contribution in [-0.2, 0) is 27.3 Å². The van der Waals surface area contributed by atoms with E-state index in [2.05, 4.69) is 26.8 Å². The van der Waals surface area contributed by atoms with Crippen LogP contribution in [0.4, 0.5) is 0 Å². The number of methoxy groups -OCH3 is 1. The van der Waals surface area contributed by atoms with Crippen molar-refractivity contribution in [2.75, 3.05) is 19.4 Å². The summed E-state index contributed by atoms with van der Waals surface area (Å²) in [6, 6.07) is 10.0. The number of allylic oxidation sites excluding steroid dienone is 1. The highest BCUT2D eigenvalue weighted by Gasteiger charge is 2.14. The Labute approximate surface area is 163 Å². The highest BCUT2D eigenvalue weighted by atomic mass is 32.2. The molecule has 0 atom stereocenters.